The number of aryl methyl sites for hydroxylation is 1. The van der Waals surface area contributed by atoms with Crippen molar-refractivity contribution in [1.29, 1.82) is 0 Å². The first-order valence-electron chi connectivity index (χ1n) is 10.5. The van der Waals surface area contributed by atoms with Gasteiger partial charge in [-0.3, -0.25) is 4.98 Å². The number of carbonyl (C=O) groups is 1. The van der Waals surface area contributed by atoms with Crippen LogP contribution in [-0.2, 0) is 0 Å². The predicted octanol–water partition coefficient (Wildman–Crippen LogP) is 5.41. The number of carboxylic acid groups (broad SMARTS) is 1. The van der Waals surface area contributed by atoms with Gasteiger partial charge in [0.25, 0.3) is 0 Å². The molecule has 6 nitrogen and oxygen atoms in total. The number of carboxylic acids is 1. The molecule has 0 spiro atoms. The third-order valence-corrected chi connectivity index (χ3v) is 5.69. The van der Waals surface area contributed by atoms with Gasteiger partial charge >= 0.3 is 5.97 Å². The summed E-state index contributed by atoms with van der Waals surface area (Å²) in [5.41, 5.74) is 4.08. The summed E-state index contributed by atoms with van der Waals surface area (Å²) in [6, 6.07) is 12.3. The molecule has 0 aliphatic heterocycles. The van der Waals surface area contributed by atoms with E-state index in [1.807, 2.05) is 24.4 Å². The molecule has 0 atom stereocenters. The van der Waals surface area contributed by atoms with Crippen molar-refractivity contribution >= 4 is 22.5 Å². The van der Waals surface area contributed by atoms with Crippen molar-refractivity contribution in [2.45, 2.75) is 51.4 Å². The Morgan fingerprint density at radius 3 is 2.60 bits per heavy atom. The molecule has 0 radical (unpaired) electrons. The summed E-state index contributed by atoms with van der Waals surface area (Å²) in [6.45, 7) is 2.09. The Morgan fingerprint density at radius 2 is 1.83 bits per heavy atom. The van der Waals surface area contributed by atoms with E-state index in [0.717, 1.165) is 24.1 Å². The number of nitrogens with zero attached hydrogens (tertiary/aromatic N) is 4. The molecule has 0 unspecified atom stereocenters. The molecule has 0 bridgehead atoms. The maximum Gasteiger partial charge on any atom is 0.341 e. The normalized spacial score (nSPS) is 14.8. The molecule has 0 saturated heterocycles. The second-order valence-corrected chi connectivity index (χ2v) is 7.86. The monoisotopic (exact) mass is 402 g/mol. The molecule has 3 aromatic heterocycles. The zero-order chi connectivity index (χ0) is 20.9. The molecule has 6 heteroatoms. The van der Waals surface area contributed by atoms with Crippen LogP contribution in [0.3, 0.4) is 0 Å². The molecule has 1 aliphatic rings. The van der Waals surface area contributed by atoms with Crippen LogP contribution in [0.2, 0.25) is 0 Å². The minimum atomic E-state index is -0.972. The van der Waals surface area contributed by atoms with E-state index < -0.39 is 5.97 Å². The lowest BCUT2D eigenvalue weighted by molar-refractivity contribution is 0.0698. The summed E-state index contributed by atoms with van der Waals surface area (Å²) in [7, 11) is 0. The lowest BCUT2D eigenvalue weighted by Crippen LogP contribution is -2.07. The summed E-state index contributed by atoms with van der Waals surface area (Å²) in [6.07, 6.45) is 12.3. The Bertz CT molecular complexity index is 1160. The van der Waals surface area contributed by atoms with Crippen LogP contribution in [0, 0.1) is 6.92 Å². The number of aromatic carboxylic acids is 1. The summed E-state index contributed by atoms with van der Waals surface area (Å²) in [4.78, 5) is 19.5. The number of aromatic nitrogens is 4. The van der Waals surface area contributed by atoms with Gasteiger partial charge in [0.15, 0.2) is 5.65 Å². The quantitative estimate of drug-likeness (QED) is 0.454. The lowest BCUT2D eigenvalue weighted by atomic mass is 9.96. The predicted molar refractivity (Wildman–Crippen MR) is 117 cm³/mol. The van der Waals surface area contributed by atoms with Crippen molar-refractivity contribution in [2.24, 2.45) is 0 Å². The van der Waals surface area contributed by atoms with Crippen LogP contribution in [0.1, 0.15) is 66.1 Å². The average molecular weight is 402 g/mol. The zero-order valence-electron chi connectivity index (χ0n) is 17.2. The van der Waals surface area contributed by atoms with Crippen LogP contribution in [0.5, 0.6) is 0 Å². The molecule has 3 heterocycles. The van der Waals surface area contributed by atoms with Gasteiger partial charge in [-0.05, 0) is 44.0 Å². The standard InChI is InChI=1S/C14H17N3O2.C10H9N/c18-14(19)11-9-16-17-12(7-8-15-13(11)17)10-5-3-1-2-4-6-10;1-8-4-5-10-9(7-8)3-2-6-11-10/h7-10H,1-6H2,(H,18,19);2-7H,1H3. The van der Waals surface area contributed by atoms with Gasteiger partial charge in [0.1, 0.15) is 5.56 Å². The number of pyridine rings is 1. The van der Waals surface area contributed by atoms with Crippen molar-refractivity contribution in [3.8, 4) is 0 Å². The van der Waals surface area contributed by atoms with Gasteiger partial charge in [0, 0.05) is 29.4 Å². The minimum Gasteiger partial charge on any atom is -0.477 e. The van der Waals surface area contributed by atoms with Crippen molar-refractivity contribution < 1.29 is 9.90 Å². The molecule has 0 amide bonds. The van der Waals surface area contributed by atoms with Crippen LogP contribution in [0.4, 0.5) is 0 Å². The summed E-state index contributed by atoms with van der Waals surface area (Å²) in [5.74, 6) is -0.505. The highest BCUT2D eigenvalue weighted by molar-refractivity contribution is 5.94. The third-order valence-electron chi connectivity index (χ3n) is 5.69. The van der Waals surface area contributed by atoms with E-state index in [0.29, 0.717) is 11.6 Å². The third kappa shape index (κ3) is 4.32. The Balaban J connectivity index is 0.000000168. The number of hydrogen-bond acceptors (Lipinski definition) is 4. The SMILES string of the molecule is Cc1ccc2ncccc2c1.O=C(O)c1cnn2c(C3CCCCCC3)ccnc12. The minimum absolute atomic E-state index is 0.176. The molecular formula is C24H26N4O2. The number of benzene rings is 1. The smallest absolute Gasteiger partial charge is 0.341 e. The zero-order valence-corrected chi connectivity index (χ0v) is 17.2. The number of fused-ring (bicyclic) bond motifs is 2. The van der Waals surface area contributed by atoms with Gasteiger partial charge in [-0.15, -0.1) is 0 Å². The maximum atomic E-state index is 11.1. The fourth-order valence-electron chi connectivity index (χ4n) is 4.14. The maximum absolute atomic E-state index is 11.1. The largest absolute Gasteiger partial charge is 0.477 e. The highest BCUT2D eigenvalue weighted by atomic mass is 16.4. The van der Waals surface area contributed by atoms with E-state index in [4.69, 9.17) is 5.11 Å². The Hall–Kier alpha value is -3.28. The van der Waals surface area contributed by atoms with Crippen LogP contribution in [-0.4, -0.2) is 30.7 Å². The molecule has 30 heavy (non-hydrogen) atoms. The number of rotatable bonds is 2. The Morgan fingerprint density at radius 1 is 1.03 bits per heavy atom. The summed E-state index contributed by atoms with van der Waals surface area (Å²) >= 11 is 0. The summed E-state index contributed by atoms with van der Waals surface area (Å²) < 4.78 is 1.71. The molecule has 1 fully saturated rings. The first-order valence-corrected chi connectivity index (χ1v) is 10.5. The molecule has 1 aliphatic carbocycles. The van der Waals surface area contributed by atoms with Crippen LogP contribution in [0.25, 0.3) is 16.6 Å². The molecule has 1 N–H and O–H groups in total. The van der Waals surface area contributed by atoms with Gasteiger partial charge in [-0.2, -0.15) is 5.10 Å². The van der Waals surface area contributed by atoms with Gasteiger partial charge in [0.2, 0.25) is 0 Å². The van der Waals surface area contributed by atoms with E-state index in [2.05, 4.69) is 40.2 Å². The topological polar surface area (TPSA) is 80.4 Å². The molecule has 4 aromatic rings. The molecule has 5 rings (SSSR count). The fraction of sp³-hybridized carbons (Fsp3) is 0.333. The van der Waals surface area contributed by atoms with Crippen LogP contribution < -0.4 is 0 Å². The van der Waals surface area contributed by atoms with Crippen LogP contribution >= 0.6 is 0 Å². The highest BCUT2D eigenvalue weighted by Gasteiger charge is 2.20. The lowest BCUT2D eigenvalue weighted by Gasteiger charge is -2.15. The van der Waals surface area contributed by atoms with Crippen LogP contribution in [0.15, 0.2) is 55.0 Å². The number of hydrogen-bond donors (Lipinski definition) is 1. The van der Waals surface area contributed by atoms with Gasteiger partial charge in [-0.25, -0.2) is 14.3 Å². The van der Waals surface area contributed by atoms with Crippen molar-refractivity contribution in [3.63, 3.8) is 0 Å². The Labute approximate surface area is 175 Å². The molecule has 154 valence electrons. The fourth-order valence-corrected chi connectivity index (χ4v) is 4.14. The van der Waals surface area contributed by atoms with E-state index in [1.54, 1.807) is 10.7 Å². The Kier molecular flexibility index (Phi) is 6.02. The molecular weight excluding hydrogens is 376 g/mol. The first-order chi connectivity index (χ1) is 14.6. The second kappa shape index (κ2) is 9.03. The highest BCUT2D eigenvalue weighted by Crippen LogP contribution is 2.31. The van der Waals surface area contributed by atoms with Crippen molar-refractivity contribution in [1.82, 2.24) is 19.6 Å². The van der Waals surface area contributed by atoms with E-state index in [-0.39, 0.29) is 5.56 Å². The first kappa shape index (κ1) is 20.0. The van der Waals surface area contributed by atoms with Gasteiger partial charge < -0.3 is 5.11 Å². The molecule has 1 aromatic carbocycles. The van der Waals surface area contributed by atoms with E-state index >= 15 is 0 Å². The van der Waals surface area contributed by atoms with E-state index in [1.165, 1.54) is 42.8 Å². The molecule has 1 saturated carbocycles. The van der Waals surface area contributed by atoms with Crippen molar-refractivity contribution in [3.05, 3.63) is 71.8 Å². The summed E-state index contributed by atoms with van der Waals surface area (Å²) in [5, 5.41) is 14.6. The average Bonchev–Trinajstić information content (AvgIpc) is 3.01. The van der Waals surface area contributed by atoms with E-state index in [9.17, 15) is 4.79 Å². The second-order valence-electron chi connectivity index (χ2n) is 7.86. The van der Waals surface area contributed by atoms with Gasteiger partial charge in [0.05, 0.1) is 11.7 Å². The van der Waals surface area contributed by atoms with Crippen molar-refractivity contribution in [2.75, 3.05) is 0 Å². The van der Waals surface area contributed by atoms with Gasteiger partial charge in [-0.1, -0.05) is 43.4 Å².